The number of nitrogens with zero attached hydrogens (tertiary/aromatic N) is 6. The van der Waals surface area contributed by atoms with Gasteiger partial charge in [-0.25, -0.2) is 13.9 Å². The largest absolute Gasteiger partial charge is 0.392 e. The third-order valence-corrected chi connectivity index (χ3v) is 6.33. The molecule has 3 rings (SSSR count). The van der Waals surface area contributed by atoms with Crippen molar-refractivity contribution in [3.63, 3.8) is 0 Å². The van der Waals surface area contributed by atoms with Crippen LogP contribution < -0.4 is 0 Å². The second-order valence-electron chi connectivity index (χ2n) is 7.05. The summed E-state index contributed by atoms with van der Waals surface area (Å²) in [6.07, 6.45) is 6.61. The molecular formula is C19H26N6O3S. The summed E-state index contributed by atoms with van der Waals surface area (Å²) < 4.78 is 29.2. The van der Waals surface area contributed by atoms with Gasteiger partial charge in [0.2, 0.25) is 0 Å². The van der Waals surface area contributed by atoms with Gasteiger partial charge in [-0.05, 0) is 18.2 Å². The minimum atomic E-state index is -3.60. The van der Waals surface area contributed by atoms with Gasteiger partial charge in [-0.15, -0.1) is 0 Å². The highest BCUT2D eigenvalue weighted by molar-refractivity contribution is 7.87. The fourth-order valence-electron chi connectivity index (χ4n) is 2.94. The van der Waals surface area contributed by atoms with E-state index < -0.39 is 10.2 Å². The van der Waals surface area contributed by atoms with Crippen molar-refractivity contribution in [2.75, 3.05) is 21.1 Å². The van der Waals surface area contributed by atoms with Crippen molar-refractivity contribution in [1.29, 1.82) is 0 Å². The Morgan fingerprint density at radius 1 is 0.931 bits per heavy atom. The minimum Gasteiger partial charge on any atom is -0.392 e. The molecule has 0 radical (unpaired) electrons. The molecule has 0 aliphatic carbocycles. The van der Waals surface area contributed by atoms with Gasteiger partial charge in [-0.3, -0.25) is 4.90 Å². The van der Waals surface area contributed by atoms with Crippen molar-refractivity contribution in [2.24, 2.45) is 0 Å². The van der Waals surface area contributed by atoms with Crippen molar-refractivity contribution in [3.05, 3.63) is 71.8 Å². The highest BCUT2D eigenvalue weighted by atomic mass is 32.2. The van der Waals surface area contributed by atoms with E-state index in [2.05, 4.69) is 9.97 Å². The van der Waals surface area contributed by atoms with Crippen LogP contribution in [0.15, 0.2) is 49.1 Å². The zero-order valence-electron chi connectivity index (χ0n) is 16.8. The van der Waals surface area contributed by atoms with Crippen LogP contribution in [0.2, 0.25) is 0 Å². The van der Waals surface area contributed by atoms with Gasteiger partial charge in [-0.2, -0.15) is 12.7 Å². The first-order valence-electron chi connectivity index (χ1n) is 9.13. The van der Waals surface area contributed by atoms with Gasteiger partial charge < -0.3 is 9.67 Å². The molecule has 0 saturated carbocycles. The van der Waals surface area contributed by atoms with Crippen LogP contribution in [0.1, 0.15) is 22.8 Å². The van der Waals surface area contributed by atoms with Crippen molar-refractivity contribution in [2.45, 2.75) is 26.2 Å². The molecule has 1 aromatic carbocycles. The number of aromatic nitrogens is 4. The molecule has 29 heavy (non-hydrogen) atoms. The average Bonchev–Trinajstić information content (AvgIpc) is 3.32. The van der Waals surface area contributed by atoms with Gasteiger partial charge in [0, 0.05) is 45.4 Å². The van der Waals surface area contributed by atoms with Crippen molar-refractivity contribution < 1.29 is 13.5 Å². The molecule has 0 spiro atoms. The van der Waals surface area contributed by atoms with Crippen molar-refractivity contribution in [3.8, 4) is 0 Å². The summed E-state index contributed by atoms with van der Waals surface area (Å²) in [6, 6.07) is 7.79. The SMILES string of the molecule is CN(Cc1nccn1Cc1ccc(CO)cc1)Cc1nccn1S(=O)(=O)N(C)C. The Balaban J connectivity index is 1.69. The Kier molecular flexibility index (Phi) is 6.48. The van der Waals surface area contributed by atoms with E-state index in [0.717, 1.165) is 21.3 Å². The quantitative estimate of drug-likeness (QED) is 0.555. The molecule has 156 valence electrons. The highest BCUT2D eigenvalue weighted by Crippen LogP contribution is 2.12. The molecule has 0 saturated heterocycles. The second kappa shape index (κ2) is 8.87. The Morgan fingerprint density at radius 3 is 2.17 bits per heavy atom. The first kappa shape index (κ1) is 21.2. The van der Waals surface area contributed by atoms with E-state index in [1.807, 2.05) is 47.0 Å². The molecule has 0 bridgehead atoms. The topological polar surface area (TPSA) is 96.5 Å². The molecule has 1 N–H and O–H groups in total. The summed E-state index contributed by atoms with van der Waals surface area (Å²) >= 11 is 0. The lowest BCUT2D eigenvalue weighted by Gasteiger charge is -2.19. The van der Waals surface area contributed by atoms with Crippen LogP contribution in [0.5, 0.6) is 0 Å². The summed E-state index contributed by atoms with van der Waals surface area (Å²) in [4.78, 5) is 10.6. The first-order valence-corrected chi connectivity index (χ1v) is 10.5. The van der Waals surface area contributed by atoms with Gasteiger partial charge in [0.25, 0.3) is 0 Å². The lowest BCUT2D eigenvalue weighted by molar-refractivity contribution is 0.282. The van der Waals surface area contributed by atoms with Gasteiger partial charge >= 0.3 is 10.2 Å². The predicted molar refractivity (Wildman–Crippen MR) is 109 cm³/mol. The molecule has 0 amide bonds. The predicted octanol–water partition coefficient (Wildman–Crippen LogP) is 0.907. The zero-order chi connectivity index (χ0) is 21.0. The zero-order valence-corrected chi connectivity index (χ0v) is 17.6. The molecule has 3 aromatic rings. The van der Waals surface area contributed by atoms with E-state index in [1.165, 1.54) is 30.5 Å². The lowest BCUT2D eigenvalue weighted by Crippen LogP contribution is -2.31. The van der Waals surface area contributed by atoms with Crippen molar-refractivity contribution >= 4 is 10.2 Å². The molecule has 2 heterocycles. The maximum atomic E-state index is 12.4. The highest BCUT2D eigenvalue weighted by Gasteiger charge is 2.21. The monoisotopic (exact) mass is 418 g/mol. The van der Waals surface area contributed by atoms with Crippen LogP contribution in [0.3, 0.4) is 0 Å². The maximum Gasteiger partial charge on any atom is 0.308 e. The van der Waals surface area contributed by atoms with Gasteiger partial charge in [0.05, 0.1) is 19.7 Å². The van der Waals surface area contributed by atoms with E-state index in [0.29, 0.717) is 25.5 Å². The molecule has 2 aromatic heterocycles. The normalized spacial score (nSPS) is 12.2. The summed E-state index contributed by atoms with van der Waals surface area (Å²) in [6.45, 7) is 1.59. The first-order chi connectivity index (χ1) is 13.8. The number of hydrogen-bond acceptors (Lipinski definition) is 6. The van der Waals surface area contributed by atoms with Crippen LogP contribution >= 0.6 is 0 Å². The number of aliphatic hydroxyl groups excluding tert-OH is 1. The van der Waals surface area contributed by atoms with Gasteiger partial charge in [-0.1, -0.05) is 24.3 Å². The van der Waals surface area contributed by atoms with Gasteiger partial charge in [0.1, 0.15) is 11.6 Å². The Bertz CT molecular complexity index is 1040. The molecule has 0 unspecified atom stereocenters. The third kappa shape index (κ3) is 4.91. The van der Waals surface area contributed by atoms with Crippen LogP contribution in [-0.2, 0) is 36.5 Å². The fraction of sp³-hybridized carbons (Fsp3) is 0.368. The van der Waals surface area contributed by atoms with Crippen LogP contribution in [0.25, 0.3) is 0 Å². The van der Waals surface area contributed by atoms with Crippen LogP contribution in [0.4, 0.5) is 0 Å². The van der Waals surface area contributed by atoms with Crippen molar-refractivity contribution in [1.82, 2.24) is 27.7 Å². The third-order valence-electron chi connectivity index (χ3n) is 4.57. The molecule has 0 atom stereocenters. The fourth-order valence-corrected chi connectivity index (χ4v) is 3.87. The van der Waals surface area contributed by atoms with E-state index in [9.17, 15) is 8.42 Å². The molecule has 0 fully saturated rings. The average molecular weight is 419 g/mol. The summed E-state index contributed by atoms with van der Waals surface area (Å²) in [5.41, 5.74) is 1.99. The second-order valence-corrected chi connectivity index (χ2v) is 9.07. The molecular weight excluding hydrogens is 392 g/mol. The molecule has 10 heteroatoms. The summed E-state index contributed by atoms with van der Waals surface area (Å²) in [5, 5.41) is 9.17. The molecule has 0 aliphatic heterocycles. The van der Waals surface area contributed by atoms with E-state index in [4.69, 9.17) is 5.11 Å². The molecule has 0 aliphatic rings. The summed E-state index contributed by atoms with van der Waals surface area (Å²) in [7, 11) is 1.28. The number of benzene rings is 1. The maximum absolute atomic E-state index is 12.4. The number of hydrogen-bond donors (Lipinski definition) is 1. The van der Waals surface area contributed by atoms with E-state index in [-0.39, 0.29) is 6.61 Å². The molecule has 9 nitrogen and oxygen atoms in total. The lowest BCUT2D eigenvalue weighted by atomic mass is 10.1. The smallest absolute Gasteiger partial charge is 0.308 e. The van der Waals surface area contributed by atoms with Crippen LogP contribution in [-0.4, -0.2) is 62.4 Å². The number of rotatable bonds is 9. The minimum absolute atomic E-state index is 0.0285. The standard InChI is InChI=1S/C19H26N6O3S/c1-22(2)29(27,28)25-11-9-21-19(25)14-23(3)13-18-20-8-10-24(18)12-16-4-6-17(15-26)7-5-16/h4-11,26H,12-15H2,1-3H3. The van der Waals surface area contributed by atoms with E-state index in [1.54, 1.807) is 6.20 Å². The number of aliphatic hydroxyl groups is 1. The number of imidazole rings is 2. The Labute approximate surface area is 171 Å². The summed E-state index contributed by atoms with van der Waals surface area (Å²) in [5.74, 6) is 1.31. The van der Waals surface area contributed by atoms with E-state index >= 15 is 0 Å². The Morgan fingerprint density at radius 2 is 1.52 bits per heavy atom. The Hall–Kier alpha value is -2.53. The van der Waals surface area contributed by atoms with Gasteiger partial charge in [0.15, 0.2) is 0 Å². The van der Waals surface area contributed by atoms with Crippen LogP contribution in [0, 0.1) is 0 Å².